The fourth-order valence-corrected chi connectivity index (χ4v) is 4.72. The van der Waals surface area contributed by atoms with Gasteiger partial charge in [-0.05, 0) is 36.6 Å². The minimum Gasteiger partial charge on any atom is -0.383 e. The van der Waals surface area contributed by atoms with E-state index in [9.17, 15) is 4.79 Å². The van der Waals surface area contributed by atoms with Crippen molar-refractivity contribution in [1.29, 1.82) is 0 Å². The molecule has 1 saturated carbocycles. The Morgan fingerprint density at radius 1 is 1.25 bits per heavy atom. The van der Waals surface area contributed by atoms with Crippen molar-refractivity contribution in [2.24, 2.45) is 0 Å². The average molecular weight is 436 g/mol. The van der Waals surface area contributed by atoms with Gasteiger partial charge in [-0.25, -0.2) is 14.4 Å². The molecular weight excluding hydrogens is 409 g/mol. The maximum Gasteiger partial charge on any atom is 0.256 e. The van der Waals surface area contributed by atoms with Crippen LogP contribution in [0.25, 0.3) is 33.2 Å². The molecule has 1 fully saturated rings. The maximum absolute atomic E-state index is 15.1. The van der Waals surface area contributed by atoms with Crippen molar-refractivity contribution in [1.82, 2.24) is 24.8 Å². The molecule has 0 bridgehead atoms. The number of nitrogens with zero attached hydrogens (tertiary/aromatic N) is 3. The highest BCUT2D eigenvalue weighted by Crippen LogP contribution is 2.35. The third-order valence-electron chi connectivity index (χ3n) is 6.33. The Morgan fingerprint density at radius 2 is 2.09 bits per heavy atom. The smallest absolute Gasteiger partial charge is 0.256 e. The number of aromatic nitrogens is 4. The first kappa shape index (κ1) is 20.6. The molecule has 0 spiro atoms. The number of imidazole rings is 2. The van der Waals surface area contributed by atoms with E-state index in [4.69, 9.17) is 4.74 Å². The predicted molar refractivity (Wildman–Crippen MR) is 121 cm³/mol. The van der Waals surface area contributed by atoms with Crippen LogP contribution in [-0.2, 0) is 4.74 Å². The molecule has 4 aromatic rings. The van der Waals surface area contributed by atoms with Gasteiger partial charge in [0.1, 0.15) is 11.4 Å². The number of hydrogen-bond donors (Lipinski definition) is 2. The Bertz CT molecular complexity index is 1270. The zero-order chi connectivity index (χ0) is 22.1. The predicted octanol–water partition coefficient (Wildman–Crippen LogP) is 4.60. The first-order valence-electron chi connectivity index (χ1n) is 11.1. The second-order valence-electron chi connectivity index (χ2n) is 8.30. The molecule has 0 saturated heterocycles. The summed E-state index contributed by atoms with van der Waals surface area (Å²) in [5.41, 5.74) is 4.29. The van der Waals surface area contributed by atoms with Gasteiger partial charge in [0, 0.05) is 25.3 Å². The summed E-state index contributed by atoms with van der Waals surface area (Å²) < 4.78 is 22.3. The van der Waals surface area contributed by atoms with Gasteiger partial charge in [-0.2, -0.15) is 0 Å². The van der Waals surface area contributed by atoms with E-state index >= 15 is 4.39 Å². The molecular formula is C24H26FN5O2. The first-order valence-corrected chi connectivity index (χ1v) is 11.1. The van der Waals surface area contributed by atoms with Crippen LogP contribution in [0, 0.1) is 5.82 Å². The molecule has 2 heterocycles. The second-order valence-corrected chi connectivity index (χ2v) is 8.30. The van der Waals surface area contributed by atoms with Crippen molar-refractivity contribution in [2.75, 3.05) is 20.3 Å². The van der Waals surface area contributed by atoms with Crippen LogP contribution in [0.2, 0.25) is 0 Å². The molecule has 0 unspecified atom stereocenters. The Hall–Kier alpha value is -3.26. The molecule has 8 heteroatoms. The molecule has 2 N–H and O–H groups in total. The number of ether oxygens (including phenoxy) is 1. The van der Waals surface area contributed by atoms with E-state index in [1.54, 1.807) is 7.11 Å². The summed E-state index contributed by atoms with van der Waals surface area (Å²) >= 11 is 0. The summed E-state index contributed by atoms with van der Waals surface area (Å²) in [6, 6.07) is 7.87. The molecule has 7 nitrogen and oxygen atoms in total. The molecule has 2 aromatic carbocycles. The minimum atomic E-state index is -0.598. The molecule has 32 heavy (non-hydrogen) atoms. The average Bonchev–Trinajstić information content (AvgIpc) is 3.46. The van der Waals surface area contributed by atoms with Gasteiger partial charge in [0.25, 0.3) is 5.91 Å². The lowest BCUT2D eigenvalue weighted by atomic mass is 9.95. The quantitative estimate of drug-likeness (QED) is 0.434. The number of nitrogens with one attached hydrogen (secondary N) is 2. The minimum absolute atomic E-state index is 0.0417. The van der Waals surface area contributed by atoms with Gasteiger partial charge in [-0.1, -0.05) is 25.3 Å². The van der Waals surface area contributed by atoms with E-state index in [1.807, 2.05) is 24.5 Å². The lowest BCUT2D eigenvalue weighted by molar-refractivity contribution is 0.0934. The number of amides is 1. The fourth-order valence-electron chi connectivity index (χ4n) is 4.72. The number of carbonyl (C=O) groups is 1. The van der Waals surface area contributed by atoms with E-state index in [0.717, 1.165) is 16.6 Å². The molecule has 0 radical (unpaired) electrons. The highest BCUT2D eigenvalue weighted by Gasteiger charge is 2.22. The molecule has 0 aliphatic heterocycles. The highest BCUT2D eigenvalue weighted by molar-refractivity contribution is 6.08. The van der Waals surface area contributed by atoms with Gasteiger partial charge >= 0.3 is 0 Å². The van der Waals surface area contributed by atoms with Crippen molar-refractivity contribution in [3.63, 3.8) is 0 Å². The van der Waals surface area contributed by atoms with Crippen molar-refractivity contribution < 1.29 is 13.9 Å². The van der Waals surface area contributed by atoms with Gasteiger partial charge < -0.3 is 19.6 Å². The Labute approximate surface area is 185 Å². The van der Waals surface area contributed by atoms with Crippen LogP contribution in [0.4, 0.5) is 4.39 Å². The van der Waals surface area contributed by atoms with Gasteiger partial charge in [0.2, 0.25) is 0 Å². The number of benzene rings is 2. The second kappa shape index (κ2) is 8.70. The van der Waals surface area contributed by atoms with Gasteiger partial charge in [0.05, 0.1) is 41.3 Å². The Morgan fingerprint density at radius 3 is 2.91 bits per heavy atom. The van der Waals surface area contributed by atoms with Crippen LogP contribution in [-0.4, -0.2) is 45.7 Å². The standard InChI is InChI=1S/C24H26FN5O2/c1-32-10-9-26-24(31)21-18(25)12-17(22-23(21)28-13-27-22)15-7-8-20-19(11-15)29-14-30(20)16-5-3-2-4-6-16/h7-8,11-14,16H,2-6,9-10H2,1H3,(H,26,31)(H,27,28). The van der Waals surface area contributed by atoms with Crippen molar-refractivity contribution in [3.05, 3.63) is 48.3 Å². The SMILES string of the molecule is COCCNC(=O)c1c(F)cc(-c2ccc3c(c2)ncn3C2CCCCC2)c2nc[nH]c12. The van der Waals surface area contributed by atoms with Crippen LogP contribution in [0.5, 0.6) is 0 Å². The zero-order valence-electron chi connectivity index (χ0n) is 18.0. The fraction of sp³-hybridized carbons (Fsp3) is 0.375. The van der Waals surface area contributed by atoms with Crippen molar-refractivity contribution in [2.45, 2.75) is 38.1 Å². The Kier molecular flexibility index (Phi) is 5.61. The van der Waals surface area contributed by atoms with Crippen LogP contribution in [0.15, 0.2) is 36.9 Å². The Balaban J connectivity index is 1.53. The number of H-pyrrole nitrogens is 1. The zero-order valence-corrected chi connectivity index (χ0v) is 18.0. The van der Waals surface area contributed by atoms with Gasteiger partial charge in [0.15, 0.2) is 0 Å². The first-order chi connectivity index (χ1) is 15.7. The van der Waals surface area contributed by atoms with Crippen LogP contribution in [0.1, 0.15) is 48.5 Å². The lowest BCUT2D eigenvalue weighted by Gasteiger charge is -2.23. The van der Waals surface area contributed by atoms with Crippen LogP contribution in [0.3, 0.4) is 0 Å². The monoisotopic (exact) mass is 435 g/mol. The number of halogens is 1. The maximum atomic E-state index is 15.1. The third kappa shape index (κ3) is 3.64. The largest absolute Gasteiger partial charge is 0.383 e. The molecule has 0 atom stereocenters. The normalized spacial score (nSPS) is 14.9. The van der Waals surface area contributed by atoms with E-state index in [2.05, 4.69) is 24.8 Å². The number of methoxy groups -OCH3 is 1. The summed E-state index contributed by atoms with van der Waals surface area (Å²) in [5.74, 6) is -1.10. The lowest BCUT2D eigenvalue weighted by Crippen LogP contribution is -2.28. The summed E-state index contributed by atoms with van der Waals surface area (Å²) in [5, 5.41) is 2.68. The molecule has 1 amide bonds. The summed E-state index contributed by atoms with van der Waals surface area (Å²) in [6.07, 6.45) is 9.58. The van der Waals surface area contributed by atoms with Crippen LogP contribution >= 0.6 is 0 Å². The number of carbonyl (C=O) groups excluding carboxylic acids is 1. The number of rotatable bonds is 6. The molecule has 1 aliphatic rings. The van der Waals surface area contributed by atoms with Gasteiger partial charge in [-0.15, -0.1) is 0 Å². The topological polar surface area (TPSA) is 84.8 Å². The number of fused-ring (bicyclic) bond motifs is 2. The third-order valence-corrected chi connectivity index (χ3v) is 6.33. The van der Waals surface area contributed by atoms with Crippen molar-refractivity contribution in [3.8, 4) is 11.1 Å². The summed E-state index contributed by atoms with van der Waals surface area (Å²) in [7, 11) is 1.55. The summed E-state index contributed by atoms with van der Waals surface area (Å²) in [6.45, 7) is 0.650. The number of hydrogen-bond acceptors (Lipinski definition) is 4. The molecule has 166 valence electrons. The van der Waals surface area contributed by atoms with E-state index in [0.29, 0.717) is 35.8 Å². The van der Waals surface area contributed by atoms with Crippen LogP contribution < -0.4 is 5.32 Å². The van der Waals surface area contributed by atoms with Crippen molar-refractivity contribution >= 4 is 28.0 Å². The molecule has 1 aliphatic carbocycles. The van der Waals surface area contributed by atoms with E-state index < -0.39 is 11.7 Å². The molecule has 5 rings (SSSR count). The number of aromatic amines is 1. The van der Waals surface area contributed by atoms with E-state index in [1.165, 1.54) is 44.5 Å². The van der Waals surface area contributed by atoms with Gasteiger partial charge in [-0.3, -0.25) is 4.79 Å². The summed E-state index contributed by atoms with van der Waals surface area (Å²) in [4.78, 5) is 24.5. The molecule has 2 aromatic heterocycles. The highest BCUT2D eigenvalue weighted by atomic mass is 19.1. The van der Waals surface area contributed by atoms with E-state index in [-0.39, 0.29) is 5.56 Å².